The Kier molecular flexibility index (Phi) is 19.4. The summed E-state index contributed by atoms with van der Waals surface area (Å²) in [6.07, 6.45) is 3.16. The van der Waals surface area contributed by atoms with E-state index in [9.17, 15) is 10.2 Å². The first-order chi connectivity index (χ1) is 14.8. The van der Waals surface area contributed by atoms with Crippen molar-refractivity contribution in [2.75, 3.05) is 20.8 Å². The number of halogens is 3. The number of phenolic OH excluding ortho intramolecular Hbond substituents is 2. The van der Waals surface area contributed by atoms with Crippen LogP contribution in [0.3, 0.4) is 0 Å². The van der Waals surface area contributed by atoms with Crippen LogP contribution in [-0.4, -0.2) is 60.4 Å². The molecule has 0 spiro atoms. The zero-order valence-electron chi connectivity index (χ0n) is 18.5. The third kappa shape index (κ3) is 14.6. The van der Waals surface area contributed by atoms with Crippen LogP contribution in [0.1, 0.15) is 18.1 Å². The first-order valence-electron chi connectivity index (χ1n) is 8.63. The van der Waals surface area contributed by atoms with E-state index in [0.717, 1.165) is 8.95 Å². The Balaban J connectivity index is -0.00000116. The molecule has 2 rings (SSSR count). The van der Waals surface area contributed by atoms with Crippen molar-refractivity contribution < 1.29 is 76.6 Å². The zero-order valence-corrected chi connectivity index (χ0v) is 23.6. The molecule has 2 aromatic rings. The number of hydrogen-bond acceptors (Lipinski definition) is 10. The van der Waals surface area contributed by atoms with Gasteiger partial charge in [-0.1, -0.05) is 31.9 Å². The molecule has 6 N–H and O–H groups in total. The summed E-state index contributed by atoms with van der Waals surface area (Å²) in [7, 11) is -1.96. The molecule has 0 aliphatic heterocycles. The monoisotopic (exact) mass is 688 g/mol. The summed E-state index contributed by atoms with van der Waals surface area (Å²) in [6.45, 7) is 2.32. The molecule has 35 heavy (non-hydrogen) atoms. The molecule has 1 atom stereocenters. The van der Waals surface area contributed by atoms with Crippen LogP contribution in [0, 0.1) is 10.2 Å². The number of benzene rings is 2. The zero-order chi connectivity index (χ0) is 24.5. The summed E-state index contributed by atoms with van der Waals surface area (Å²) in [5.74, 6) is 0.810. The quantitative estimate of drug-likeness (QED) is 0.247. The number of rotatable bonds is 7. The van der Waals surface area contributed by atoms with Gasteiger partial charge in [0.15, 0.2) is 23.0 Å². The fourth-order valence-electron chi connectivity index (χ4n) is 2.26. The molecular weight excluding hydrogens is 666 g/mol. The number of nitrogens with zero attached hydrogens (tertiary/aromatic N) is 2. The van der Waals surface area contributed by atoms with Gasteiger partial charge in [-0.25, -0.2) is 18.6 Å². The predicted octanol–water partition coefficient (Wildman–Crippen LogP) is -1.84. The van der Waals surface area contributed by atoms with E-state index >= 15 is 0 Å². The van der Waals surface area contributed by atoms with Crippen LogP contribution in [0.2, 0.25) is 0 Å². The van der Waals surface area contributed by atoms with Gasteiger partial charge >= 0.3 is 0 Å². The van der Waals surface area contributed by atoms with Crippen molar-refractivity contribution in [1.82, 2.24) is 0 Å². The van der Waals surface area contributed by atoms with E-state index in [-0.39, 0.29) is 45.6 Å². The second kappa shape index (κ2) is 17.9. The Hall–Kier alpha value is -1.49. The SMILES string of the molecule is COc1cc(Br)cc(C=NC[C@@H](C)N=Cc2cc(Br)cc(OC)c2O)c1O.O.O.[Mn].[O-][Cl+3]([O-])([O-])[O-]. The number of phenols is 2. The van der Waals surface area contributed by atoms with Crippen LogP contribution in [0.15, 0.2) is 43.2 Å². The minimum atomic E-state index is -4.94. The van der Waals surface area contributed by atoms with Gasteiger partial charge < -0.3 is 30.6 Å². The maximum atomic E-state index is 10.1. The van der Waals surface area contributed by atoms with Gasteiger partial charge in [-0.05, 0) is 31.2 Å². The Labute approximate surface area is 231 Å². The van der Waals surface area contributed by atoms with E-state index in [1.165, 1.54) is 14.2 Å². The van der Waals surface area contributed by atoms with Gasteiger partial charge in [0.05, 0.1) is 26.8 Å². The minimum absolute atomic E-state index is 0. The topological polar surface area (TPSA) is 239 Å². The second-order valence-corrected chi connectivity index (χ2v) is 8.68. The molecule has 0 bridgehead atoms. The van der Waals surface area contributed by atoms with E-state index < -0.39 is 10.2 Å². The third-order valence-corrected chi connectivity index (χ3v) is 4.56. The van der Waals surface area contributed by atoms with Crippen LogP contribution in [0.4, 0.5) is 0 Å². The van der Waals surface area contributed by atoms with E-state index in [0.29, 0.717) is 29.2 Å². The van der Waals surface area contributed by atoms with Crippen LogP contribution >= 0.6 is 31.9 Å². The van der Waals surface area contributed by atoms with Crippen molar-refractivity contribution in [3.63, 3.8) is 0 Å². The fraction of sp³-hybridized carbons (Fsp3) is 0.263. The van der Waals surface area contributed by atoms with E-state index in [2.05, 4.69) is 41.8 Å². The summed E-state index contributed by atoms with van der Waals surface area (Å²) in [5.41, 5.74) is 1.10. The standard InChI is InChI=1S/C19H20Br2N2O4.ClHO4.Mn.2H2O/c1-11(23-10-13-5-15(21)7-17(27-3)19(13)25)8-22-9-12-4-14(20)6-16(26-2)18(12)24;2-1(3,4)5;;;/h4-7,9-11,24-25H,8H2,1-3H3;(H,2,3,4,5);;2*1H2/p-1/t11-;;;;/m1..../s1. The van der Waals surface area contributed by atoms with Gasteiger partial charge in [0.1, 0.15) is 0 Å². The molecule has 0 unspecified atom stereocenters. The van der Waals surface area contributed by atoms with E-state index in [4.69, 9.17) is 28.1 Å². The maximum Gasteiger partial charge on any atom is 0.166 e. The van der Waals surface area contributed by atoms with Crippen molar-refractivity contribution in [3.05, 3.63) is 44.3 Å². The van der Waals surface area contributed by atoms with Crippen molar-refractivity contribution in [2.24, 2.45) is 9.98 Å². The summed E-state index contributed by atoms with van der Waals surface area (Å²) in [6, 6.07) is 6.74. The molecule has 2 aromatic carbocycles. The largest absolute Gasteiger partial charge is 0.504 e. The summed E-state index contributed by atoms with van der Waals surface area (Å²) in [5, 5.41) is 20.3. The molecule has 0 aliphatic carbocycles. The summed E-state index contributed by atoms with van der Waals surface area (Å²) in [4.78, 5) is 8.74. The van der Waals surface area contributed by atoms with Gasteiger partial charge in [0.2, 0.25) is 0 Å². The maximum absolute atomic E-state index is 10.1. The number of aromatic hydroxyl groups is 2. The molecule has 0 aromatic heterocycles. The molecular formula is C19H24Br2ClMnN2O10-. The Morgan fingerprint density at radius 1 is 0.886 bits per heavy atom. The third-order valence-electron chi connectivity index (χ3n) is 3.65. The van der Waals surface area contributed by atoms with E-state index in [1.807, 2.05) is 6.92 Å². The van der Waals surface area contributed by atoms with Gasteiger partial charge in [-0.2, -0.15) is 0 Å². The van der Waals surface area contributed by atoms with Gasteiger partial charge in [-0.3, -0.25) is 9.98 Å². The molecule has 0 aliphatic rings. The molecule has 1 radical (unpaired) electrons. The van der Waals surface area contributed by atoms with Crippen LogP contribution < -0.4 is 28.1 Å². The van der Waals surface area contributed by atoms with Crippen LogP contribution in [0.5, 0.6) is 23.0 Å². The Morgan fingerprint density at radius 2 is 1.26 bits per heavy atom. The first kappa shape index (κ1) is 38.0. The van der Waals surface area contributed by atoms with Crippen molar-refractivity contribution in [3.8, 4) is 23.0 Å². The smallest absolute Gasteiger partial charge is 0.166 e. The fourth-order valence-corrected chi connectivity index (χ4v) is 3.16. The number of hydrogen-bond donors (Lipinski definition) is 2. The summed E-state index contributed by atoms with van der Waals surface area (Å²) >= 11 is 6.74. The molecule has 0 amide bonds. The number of ether oxygens (including phenoxy) is 2. The average molecular weight is 691 g/mol. The normalized spacial score (nSPS) is 11.5. The molecule has 0 saturated carbocycles. The van der Waals surface area contributed by atoms with Gasteiger partial charge in [0, 0.05) is 49.6 Å². The predicted molar refractivity (Wildman–Crippen MR) is 121 cm³/mol. The van der Waals surface area contributed by atoms with Crippen molar-refractivity contribution in [2.45, 2.75) is 13.0 Å². The number of methoxy groups -OCH3 is 2. The van der Waals surface area contributed by atoms with Crippen LogP contribution in [-0.2, 0) is 17.1 Å². The first-order valence-corrected chi connectivity index (χ1v) is 11.5. The molecule has 0 heterocycles. The van der Waals surface area contributed by atoms with Gasteiger partial charge in [0.25, 0.3) is 0 Å². The molecule has 0 fully saturated rings. The molecule has 0 saturated heterocycles. The van der Waals surface area contributed by atoms with Crippen molar-refractivity contribution in [1.29, 1.82) is 0 Å². The van der Waals surface area contributed by atoms with Gasteiger partial charge in [-0.15, -0.1) is 10.2 Å². The Bertz CT molecular complexity index is 972. The van der Waals surface area contributed by atoms with Crippen LogP contribution in [0.25, 0.3) is 0 Å². The number of aliphatic imine (C=N–C) groups is 2. The second-order valence-electron chi connectivity index (χ2n) is 6.09. The molecule has 12 nitrogen and oxygen atoms in total. The van der Waals surface area contributed by atoms with E-state index in [1.54, 1.807) is 36.7 Å². The molecule has 16 heteroatoms. The summed E-state index contributed by atoms with van der Waals surface area (Å²) < 4.78 is 45.8. The Morgan fingerprint density at radius 3 is 1.63 bits per heavy atom. The average Bonchev–Trinajstić information content (AvgIpc) is 2.69. The van der Waals surface area contributed by atoms with Crippen molar-refractivity contribution >= 4 is 44.3 Å². The minimum Gasteiger partial charge on any atom is -0.504 e. The molecule has 199 valence electrons.